The van der Waals surface area contributed by atoms with E-state index in [1.54, 1.807) is 42.9 Å². The number of thiophene rings is 1. The zero-order chi connectivity index (χ0) is 26.6. The van der Waals surface area contributed by atoms with Crippen molar-refractivity contribution in [1.29, 1.82) is 0 Å². The Morgan fingerprint density at radius 3 is 2.70 bits per heavy atom. The van der Waals surface area contributed by atoms with Gasteiger partial charge in [-0.1, -0.05) is 13.8 Å². The first-order chi connectivity index (χ1) is 17.4. The molecule has 1 unspecified atom stereocenters. The van der Waals surface area contributed by atoms with Gasteiger partial charge in [0.2, 0.25) is 0 Å². The lowest BCUT2D eigenvalue weighted by atomic mass is 9.88. The number of aliphatic hydroxyl groups is 1. The molecule has 0 spiro atoms. The molecule has 192 valence electrons. The van der Waals surface area contributed by atoms with Gasteiger partial charge >= 0.3 is 0 Å². The third kappa shape index (κ3) is 4.44. The number of amides is 1. The van der Waals surface area contributed by atoms with Gasteiger partial charge in [0, 0.05) is 29.2 Å². The molecule has 1 aliphatic carbocycles. The van der Waals surface area contributed by atoms with Crippen molar-refractivity contribution in [2.45, 2.75) is 40.2 Å². The fraction of sp³-hybridized carbons (Fsp3) is 0.308. The molecule has 0 saturated heterocycles. The van der Waals surface area contributed by atoms with Crippen LogP contribution in [0.4, 0.5) is 21.6 Å². The Morgan fingerprint density at radius 2 is 2.03 bits per heavy atom. The zero-order valence-corrected chi connectivity index (χ0v) is 21.9. The summed E-state index contributed by atoms with van der Waals surface area (Å²) in [5, 5.41) is 27.2. The van der Waals surface area contributed by atoms with Gasteiger partial charge in [-0.05, 0) is 61.1 Å². The monoisotopic (exact) mass is 522 g/mol. The number of aromatic amines is 1. The van der Waals surface area contributed by atoms with Gasteiger partial charge in [0.25, 0.3) is 11.5 Å². The molecule has 9 nitrogen and oxygen atoms in total. The summed E-state index contributed by atoms with van der Waals surface area (Å²) in [6, 6.07) is 7.85. The first-order valence-electron chi connectivity index (χ1n) is 11.7. The van der Waals surface area contributed by atoms with Gasteiger partial charge in [0.05, 0.1) is 22.4 Å². The number of nitrogens with zero attached hydrogens (tertiary/aromatic N) is 3. The SMILES string of the molecule is Cc1c(-c2cc(Nc3cc(C)n(C)n3)c(=O)[nH]n2)ccc(F)c1NC(=O)c1cc2c(s1)CC(C)(C)C2O. The molecule has 4 aromatic rings. The summed E-state index contributed by atoms with van der Waals surface area (Å²) < 4.78 is 16.5. The van der Waals surface area contributed by atoms with Gasteiger partial charge in [0.15, 0.2) is 5.82 Å². The van der Waals surface area contributed by atoms with Crippen LogP contribution in [0.3, 0.4) is 0 Å². The number of aliphatic hydroxyl groups excluding tert-OH is 1. The van der Waals surface area contributed by atoms with Crippen LogP contribution in [0.5, 0.6) is 0 Å². The number of hydrogen-bond acceptors (Lipinski definition) is 7. The van der Waals surface area contributed by atoms with Crippen LogP contribution < -0.4 is 16.2 Å². The Labute approximate surface area is 216 Å². The molecule has 1 aliphatic rings. The highest BCUT2D eigenvalue weighted by Gasteiger charge is 2.40. The van der Waals surface area contributed by atoms with Gasteiger partial charge in [-0.2, -0.15) is 10.2 Å². The van der Waals surface area contributed by atoms with Gasteiger partial charge < -0.3 is 15.7 Å². The summed E-state index contributed by atoms with van der Waals surface area (Å²) in [6.45, 7) is 7.54. The van der Waals surface area contributed by atoms with Crippen LogP contribution in [0.15, 0.2) is 35.1 Å². The molecular weight excluding hydrogens is 495 g/mol. The third-order valence-electron chi connectivity index (χ3n) is 6.83. The Balaban J connectivity index is 1.44. The highest BCUT2D eigenvalue weighted by atomic mass is 32.1. The Morgan fingerprint density at radius 1 is 1.27 bits per heavy atom. The van der Waals surface area contributed by atoms with E-state index in [0.717, 1.165) is 16.1 Å². The summed E-state index contributed by atoms with van der Waals surface area (Å²) >= 11 is 1.31. The third-order valence-corrected chi connectivity index (χ3v) is 7.97. The molecular formula is C26H27FN6O3S. The molecule has 0 saturated carbocycles. The number of carbonyl (C=O) groups excluding carboxylic acids is 1. The van der Waals surface area contributed by atoms with Gasteiger partial charge in [-0.3, -0.25) is 14.3 Å². The average Bonchev–Trinajstić information content (AvgIpc) is 3.45. The van der Waals surface area contributed by atoms with Crippen LogP contribution in [-0.4, -0.2) is 31.0 Å². The van der Waals surface area contributed by atoms with Crippen molar-refractivity contribution < 1.29 is 14.3 Å². The molecule has 3 heterocycles. The van der Waals surface area contributed by atoms with Crippen LogP contribution in [-0.2, 0) is 13.5 Å². The lowest BCUT2D eigenvalue weighted by Crippen LogP contribution is -2.18. The van der Waals surface area contributed by atoms with Crippen molar-refractivity contribution in [3.8, 4) is 11.3 Å². The average molecular weight is 523 g/mol. The smallest absolute Gasteiger partial charge is 0.287 e. The molecule has 1 atom stereocenters. The number of benzene rings is 1. The number of halogens is 1. The minimum absolute atomic E-state index is 0.0276. The molecule has 11 heteroatoms. The van der Waals surface area contributed by atoms with E-state index in [1.807, 2.05) is 20.8 Å². The maximum Gasteiger partial charge on any atom is 0.287 e. The van der Waals surface area contributed by atoms with E-state index in [2.05, 4.69) is 25.9 Å². The summed E-state index contributed by atoms with van der Waals surface area (Å²) in [6.07, 6.45) is 0.0302. The molecule has 0 aliphatic heterocycles. The van der Waals surface area contributed by atoms with Gasteiger partial charge in [0.1, 0.15) is 11.5 Å². The van der Waals surface area contributed by atoms with E-state index in [1.165, 1.54) is 17.4 Å². The summed E-state index contributed by atoms with van der Waals surface area (Å²) in [5.74, 6) is -0.541. The maximum absolute atomic E-state index is 14.9. The predicted molar refractivity (Wildman–Crippen MR) is 141 cm³/mol. The number of aromatic nitrogens is 4. The van der Waals surface area contributed by atoms with E-state index in [4.69, 9.17) is 0 Å². The molecule has 0 radical (unpaired) electrons. The van der Waals surface area contributed by atoms with Crippen LogP contribution in [0.25, 0.3) is 11.3 Å². The minimum Gasteiger partial charge on any atom is -0.388 e. The number of nitrogens with one attached hydrogen (secondary N) is 3. The Hall–Kier alpha value is -3.83. The lowest BCUT2D eigenvalue weighted by Gasteiger charge is -2.22. The molecule has 1 amide bonds. The first-order valence-corrected chi connectivity index (χ1v) is 12.5. The number of H-pyrrole nitrogens is 1. The second kappa shape index (κ2) is 8.93. The Kier molecular flexibility index (Phi) is 5.99. The first kappa shape index (κ1) is 24.8. The van der Waals surface area contributed by atoms with Crippen molar-refractivity contribution in [2.75, 3.05) is 10.6 Å². The number of aryl methyl sites for hydroxylation is 2. The van der Waals surface area contributed by atoms with Crippen LogP contribution in [0.2, 0.25) is 0 Å². The van der Waals surface area contributed by atoms with E-state index < -0.39 is 23.4 Å². The standard InChI is InChI=1S/C26H27FN6O3S/c1-12-8-21(32-33(12)5)28-18-10-17(30-31-24(18)35)14-6-7-16(27)22(13(14)2)29-25(36)19-9-15-20(37-19)11-26(3,4)23(15)34/h6-10,23,34H,11H2,1-5H3,(H,29,36)(H,31,35)(H,28,30,32). The lowest BCUT2D eigenvalue weighted by molar-refractivity contribution is 0.0665. The Bertz CT molecular complexity index is 1580. The molecule has 0 fully saturated rings. The van der Waals surface area contributed by atoms with Crippen LogP contribution >= 0.6 is 11.3 Å². The number of fused-ring (bicyclic) bond motifs is 1. The van der Waals surface area contributed by atoms with E-state index >= 15 is 0 Å². The quantitative estimate of drug-likeness (QED) is 0.304. The molecule has 3 aromatic heterocycles. The van der Waals surface area contributed by atoms with Crippen LogP contribution in [0, 0.1) is 25.1 Å². The van der Waals surface area contributed by atoms with Crippen molar-refractivity contribution in [2.24, 2.45) is 12.5 Å². The largest absolute Gasteiger partial charge is 0.388 e. The number of anilines is 3. The summed E-state index contributed by atoms with van der Waals surface area (Å²) in [5.41, 5.74) is 2.60. The topological polar surface area (TPSA) is 125 Å². The summed E-state index contributed by atoms with van der Waals surface area (Å²) in [7, 11) is 1.80. The van der Waals surface area contributed by atoms with Crippen molar-refractivity contribution >= 4 is 34.4 Å². The van der Waals surface area contributed by atoms with E-state index in [0.29, 0.717) is 33.9 Å². The highest BCUT2D eigenvalue weighted by molar-refractivity contribution is 7.14. The fourth-order valence-corrected chi connectivity index (χ4v) is 5.86. The maximum atomic E-state index is 14.9. The van der Waals surface area contributed by atoms with E-state index in [-0.39, 0.29) is 16.8 Å². The zero-order valence-electron chi connectivity index (χ0n) is 21.1. The number of rotatable bonds is 5. The fourth-order valence-electron chi connectivity index (χ4n) is 4.54. The van der Waals surface area contributed by atoms with Gasteiger partial charge in [-0.25, -0.2) is 9.49 Å². The van der Waals surface area contributed by atoms with Crippen LogP contribution in [0.1, 0.15) is 51.3 Å². The second-order valence-electron chi connectivity index (χ2n) is 10.0. The minimum atomic E-state index is -0.647. The van der Waals surface area contributed by atoms with Crippen molar-refractivity contribution in [3.63, 3.8) is 0 Å². The molecule has 1 aromatic carbocycles. The highest BCUT2D eigenvalue weighted by Crippen LogP contribution is 2.48. The summed E-state index contributed by atoms with van der Waals surface area (Å²) in [4.78, 5) is 26.8. The molecule has 0 bridgehead atoms. The molecule has 4 N–H and O–H groups in total. The predicted octanol–water partition coefficient (Wildman–Crippen LogP) is 4.60. The van der Waals surface area contributed by atoms with Crippen molar-refractivity contribution in [1.82, 2.24) is 20.0 Å². The number of hydrogen-bond donors (Lipinski definition) is 4. The van der Waals surface area contributed by atoms with E-state index in [9.17, 15) is 19.1 Å². The number of carbonyl (C=O) groups is 1. The second-order valence-corrected chi connectivity index (χ2v) is 11.2. The molecule has 5 rings (SSSR count). The van der Waals surface area contributed by atoms with Gasteiger partial charge in [-0.15, -0.1) is 11.3 Å². The van der Waals surface area contributed by atoms with Crippen molar-refractivity contribution in [3.05, 3.63) is 73.1 Å². The molecule has 37 heavy (non-hydrogen) atoms. The normalized spacial score (nSPS) is 16.0.